The fraction of sp³-hybridized carbons (Fsp3) is 0.160. The van der Waals surface area contributed by atoms with Crippen LogP contribution in [0.5, 0.6) is 0 Å². The van der Waals surface area contributed by atoms with E-state index in [2.05, 4.69) is 12.2 Å². The molecule has 7 heteroatoms. The Morgan fingerprint density at radius 2 is 1.62 bits per heavy atom. The summed E-state index contributed by atoms with van der Waals surface area (Å²) in [5, 5.41) is 3.48. The number of benzene rings is 3. The molecule has 0 aromatic heterocycles. The maximum absolute atomic E-state index is 13.5. The van der Waals surface area contributed by atoms with Crippen LogP contribution in [0.4, 0.5) is 21.5 Å². The minimum atomic E-state index is -1.14. The molecule has 5 nitrogen and oxygen atoms in total. The topological polar surface area (TPSA) is 66.5 Å². The molecule has 1 unspecified atom stereocenters. The first kappa shape index (κ1) is 21.7. The maximum Gasteiger partial charge on any atom is 0.269 e. The number of carbonyl (C=O) groups is 3. The van der Waals surface area contributed by atoms with Gasteiger partial charge in [-0.1, -0.05) is 36.7 Å². The summed E-state index contributed by atoms with van der Waals surface area (Å²) in [7, 11) is 0. The third-order valence-electron chi connectivity index (χ3n) is 5.45. The van der Waals surface area contributed by atoms with Crippen molar-refractivity contribution in [3.8, 4) is 0 Å². The van der Waals surface area contributed by atoms with Crippen LogP contribution in [0.15, 0.2) is 72.8 Å². The van der Waals surface area contributed by atoms with Gasteiger partial charge in [0.15, 0.2) is 6.04 Å². The van der Waals surface area contributed by atoms with Crippen LogP contribution in [0.1, 0.15) is 18.4 Å². The Bertz CT molecular complexity index is 1180. The number of nitrogens with one attached hydrogen (secondary N) is 1. The highest BCUT2D eigenvalue weighted by atomic mass is 35.5. The summed E-state index contributed by atoms with van der Waals surface area (Å²) in [6.45, 7) is 2.64. The van der Waals surface area contributed by atoms with E-state index >= 15 is 0 Å². The molecule has 162 valence electrons. The predicted molar refractivity (Wildman–Crippen MR) is 122 cm³/mol. The first-order valence-electron chi connectivity index (χ1n) is 10.1. The highest BCUT2D eigenvalue weighted by molar-refractivity contribution is 6.79. The third-order valence-corrected chi connectivity index (χ3v) is 5.69. The number of nitrogens with zero attached hydrogens (tertiary/aromatic N) is 1. The zero-order valence-corrected chi connectivity index (χ0v) is 18.0. The second kappa shape index (κ2) is 8.93. The number of rotatable bonds is 7. The molecule has 4 rings (SSSR count). The van der Waals surface area contributed by atoms with Gasteiger partial charge < -0.3 is 10.2 Å². The van der Waals surface area contributed by atoms with Crippen molar-refractivity contribution in [1.29, 1.82) is 0 Å². The Kier molecular flexibility index (Phi) is 6.06. The van der Waals surface area contributed by atoms with Crippen LogP contribution in [0.3, 0.4) is 0 Å². The van der Waals surface area contributed by atoms with Gasteiger partial charge in [0.1, 0.15) is 5.82 Å². The summed E-state index contributed by atoms with van der Waals surface area (Å²) in [6, 6.07) is 19.8. The van der Waals surface area contributed by atoms with Crippen molar-refractivity contribution in [2.75, 3.05) is 16.8 Å². The summed E-state index contributed by atoms with van der Waals surface area (Å²) in [5.41, 5.74) is 3.15. The van der Waals surface area contributed by atoms with Gasteiger partial charge in [0.2, 0.25) is 11.6 Å². The van der Waals surface area contributed by atoms with E-state index in [1.54, 1.807) is 30.3 Å². The molecule has 1 aliphatic rings. The average Bonchev–Trinajstić information content (AvgIpc) is 2.81. The number of hydrogen-bond donors (Lipinski definition) is 1. The van der Waals surface area contributed by atoms with Crippen molar-refractivity contribution in [2.24, 2.45) is 0 Å². The molecule has 3 aromatic carbocycles. The molecule has 3 aromatic rings. The lowest BCUT2D eigenvalue weighted by Gasteiger charge is -2.29. The Labute approximate surface area is 189 Å². The van der Waals surface area contributed by atoms with Crippen LogP contribution < -0.4 is 10.2 Å². The van der Waals surface area contributed by atoms with Crippen molar-refractivity contribution in [2.45, 2.75) is 18.9 Å². The molecule has 1 saturated carbocycles. The molecule has 0 spiro atoms. The van der Waals surface area contributed by atoms with E-state index in [0.717, 1.165) is 16.9 Å². The van der Waals surface area contributed by atoms with E-state index in [1.807, 2.05) is 35.2 Å². The smallest absolute Gasteiger partial charge is 0.269 e. The van der Waals surface area contributed by atoms with Crippen LogP contribution in [0.2, 0.25) is 5.02 Å². The van der Waals surface area contributed by atoms with E-state index in [0.29, 0.717) is 17.3 Å². The van der Waals surface area contributed by atoms with Gasteiger partial charge in [-0.25, -0.2) is 4.39 Å². The van der Waals surface area contributed by atoms with Crippen molar-refractivity contribution in [1.82, 2.24) is 0 Å². The third kappa shape index (κ3) is 4.41. The molecule has 32 heavy (non-hydrogen) atoms. The van der Waals surface area contributed by atoms with Gasteiger partial charge in [-0.05, 0) is 66.1 Å². The molecule has 1 atom stereocenters. The Hall–Kier alpha value is -3.51. The molecular weight excluding hydrogens is 431 g/mol. The number of carbonyl (C=O) groups excluding carboxylic acids is 3. The quantitative estimate of drug-likeness (QED) is 0.408. The van der Waals surface area contributed by atoms with Gasteiger partial charge in [0.05, 0.1) is 0 Å². The molecule has 0 saturated heterocycles. The van der Waals surface area contributed by atoms with Gasteiger partial charge >= 0.3 is 0 Å². The van der Waals surface area contributed by atoms with Crippen LogP contribution in [-0.2, 0) is 14.4 Å². The van der Waals surface area contributed by atoms with Crippen molar-refractivity contribution >= 4 is 46.0 Å². The zero-order valence-electron chi connectivity index (χ0n) is 17.2. The molecule has 0 heterocycles. The van der Waals surface area contributed by atoms with Crippen molar-refractivity contribution < 1.29 is 18.8 Å². The number of anilines is 3. The maximum atomic E-state index is 13.5. The summed E-state index contributed by atoms with van der Waals surface area (Å²) < 4.78 is 13.5. The summed E-state index contributed by atoms with van der Waals surface area (Å²) >= 11 is 6.16. The highest BCUT2D eigenvalue weighted by Gasteiger charge is 2.48. The number of ketones is 3. The Balaban J connectivity index is 1.64. The number of halogens is 2. The zero-order chi connectivity index (χ0) is 22.8. The molecular formula is C25H20ClFN2O3. The summed E-state index contributed by atoms with van der Waals surface area (Å²) in [6.07, 6.45) is 0. The minimum Gasteiger partial charge on any atom is -0.368 e. The van der Waals surface area contributed by atoms with E-state index in [4.69, 9.17) is 11.6 Å². The van der Waals surface area contributed by atoms with E-state index < -0.39 is 23.4 Å². The number of hydrogen-bond acceptors (Lipinski definition) is 5. The normalized spacial score (nSPS) is 14.8. The second-order valence-corrected chi connectivity index (χ2v) is 8.16. The fourth-order valence-corrected chi connectivity index (χ4v) is 3.86. The van der Waals surface area contributed by atoms with Crippen LogP contribution in [0.25, 0.3) is 0 Å². The lowest BCUT2D eigenvalue weighted by Crippen LogP contribution is -2.57. The van der Waals surface area contributed by atoms with Gasteiger partial charge in [-0.15, -0.1) is 0 Å². The minimum absolute atomic E-state index is 0.0859. The lowest BCUT2D eigenvalue weighted by molar-refractivity contribution is -0.152. The van der Waals surface area contributed by atoms with E-state index in [1.165, 1.54) is 12.1 Å². The highest BCUT2D eigenvalue weighted by Crippen LogP contribution is 2.32. The molecule has 0 radical (unpaired) electrons. The fourth-order valence-electron chi connectivity index (χ4n) is 3.66. The average molecular weight is 451 g/mol. The standard InChI is InChI=1S/C25H20ClFN2O3/c1-15(16-4-2-5-17(26)12-16)14-29(20-10-8-18(27)9-11-20)21-7-3-6-19(13-21)28-22-23(30)25(32)24(22)31/h2-13,15,22,28H,14H2,1H3. The Morgan fingerprint density at radius 1 is 0.938 bits per heavy atom. The van der Waals surface area contributed by atoms with E-state index in [9.17, 15) is 18.8 Å². The molecule has 0 amide bonds. The van der Waals surface area contributed by atoms with Gasteiger partial charge in [-0.2, -0.15) is 0 Å². The molecule has 0 aliphatic heterocycles. The van der Waals surface area contributed by atoms with Crippen LogP contribution in [-0.4, -0.2) is 29.9 Å². The van der Waals surface area contributed by atoms with Crippen molar-refractivity contribution in [3.05, 3.63) is 89.2 Å². The summed E-state index contributed by atoms with van der Waals surface area (Å²) in [4.78, 5) is 36.6. The van der Waals surface area contributed by atoms with Gasteiger partial charge in [0, 0.05) is 28.6 Å². The SMILES string of the molecule is CC(CN(c1ccc(F)cc1)c1cccc(NC2C(=O)C(=O)C2=O)c1)c1cccc(Cl)c1. The molecule has 1 N–H and O–H groups in total. The Morgan fingerprint density at radius 3 is 2.31 bits per heavy atom. The monoisotopic (exact) mass is 450 g/mol. The molecule has 1 fully saturated rings. The summed E-state index contributed by atoms with van der Waals surface area (Å²) in [5.74, 6) is -2.68. The number of Topliss-reactive ketones (excluding diaryl/α,β-unsaturated/α-hetero) is 3. The van der Waals surface area contributed by atoms with Crippen LogP contribution in [0, 0.1) is 5.82 Å². The largest absolute Gasteiger partial charge is 0.368 e. The van der Waals surface area contributed by atoms with Gasteiger partial charge in [0.25, 0.3) is 5.78 Å². The predicted octanol–water partition coefficient (Wildman–Crippen LogP) is 4.92. The van der Waals surface area contributed by atoms with E-state index in [-0.39, 0.29) is 11.7 Å². The molecule has 1 aliphatic carbocycles. The van der Waals surface area contributed by atoms with Crippen molar-refractivity contribution in [3.63, 3.8) is 0 Å². The van der Waals surface area contributed by atoms with Crippen LogP contribution >= 0.6 is 11.6 Å². The first-order valence-corrected chi connectivity index (χ1v) is 10.5. The first-order chi connectivity index (χ1) is 15.3. The lowest BCUT2D eigenvalue weighted by atomic mass is 9.87. The molecule has 0 bridgehead atoms. The second-order valence-electron chi connectivity index (χ2n) is 7.73. The van der Waals surface area contributed by atoms with Gasteiger partial charge in [-0.3, -0.25) is 14.4 Å².